The molecule has 10 nitrogen and oxygen atoms in total. The van der Waals surface area contributed by atoms with Crippen molar-refractivity contribution in [1.29, 1.82) is 0 Å². The Bertz CT molecular complexity index is 1170. The van der Waals surface area contributed by atoms with E-state index in [1.807, 2.05) is 31.2 Å². The van der Waals surface area contributed by atoms with Gasteiger partial charge in [0.2, 0.25) is 0 Å². The number of carbonyl (C=O) groups is 3. The Morgan fingerprint density at radius 3 is 2.08 bits per heavy atom. The average Bonchev–Trinajstić information content (AvgIpc) is 3.68. The summed E-state index contributed by atoms with van der Waals surface area (Å²) in [6.07, 6.45) is 5.03. The van der Waals surface area contributed by atoms with Crippen LogP contribution in [0.3, 0.4) is 0 Å². The minimum atomic E-state index is -0.493. The number of hydrogen-bond acceptors (Lipinski definition) is 7. The highest BCUT2D eigenvalue weighted by atomic mass is 16.5. The maximum atomic E-state index is 13.1. The number of rotatable bonds is 12. The lowest BCUT2D eigenvalue weighted by Crippen LogP contribution is -2.40. The van der Waals surface area contributed by atoms with Crippen LogP contribution in [0.2, 0.25) is 0 Å². The fourth-order valence-electron chi connectivity index (χ4n) is 4.49. The predicted molar refractivity (Wildman–Crippen MR) is 150 cm³/mol. The van der Waals surface area contributed by atoms with Crippen molar-refractivity contribution >= 4 is 29.5 Å². The summed E-state index contributed by atoms with van der Waals surface area (Å²) in [5.74, 6) is -0.593. The molecule has 2 unspecified atom stereocenters. The molecule has 3 amide bonds. The highest BCUT2D eigenvalue weighted by Gasteiger charge is 2.23. The Hall–Kier alpha value is -3.89. The van der Waals surface area contributed by atoms with Crippen molar-refractivity contribution in [3.8, 4) is 11.5 Å². The van der Waals surface area contributed by atoms with E-state index in [-0.39, 0.29) is 30.3 Å². The summed E-state index contributed by atoms with van der Waals surface area (Å²) in [6, 6.07) is 12.4. The molecule has 40 heavy (non-hydrogen) atoms. The zero-order valence-electron chi connectivity index (χ0n) is 23.0. The van der Waals surface area contributed by atoms with Gasteiger partial charge in [-0.2, -0.15) is 0 Å². The standard InChI is InChI=1S/C30H37N3O7/c1-20-7-10-22(11-8-20)33-28(34)19-40-26-12-9-21(16-27(26)37-2)15-25(29(35)31-17-23-5-3-13-38-23)30(36)32-18-24-6-4-14-39-24/h7-12,15-16,23-24H,3-6,13-14,17-19H2,1-2H3,(H,31,35)(H,32,36)(H,33,34). The number of methoxy groups -OCH3 is 1. The van der Waals surface area contributed by atoms with Crippen LogP contribution in [0, 0.1) is 6.92 Å². The third kappa shape index (κ3) is 8.56. The summed E-state index contributed by atoms with van der Waals surface area (Å²) in [6.45, 7) is 3.76. The molecule has 2 aliphatic rings. The van der Waals surface area contributed by atoms with E-state index >= 15 is 0 Å². The van der Waals surface area contributed by atoms with Gasteiger partial charge in [-0.15, -0.1) is 0 Å². The first kappa shape index (κ1) is 29.1. The average molecular weight is 552 g/mol. The predicted octanol–water partition coefficient (Wildman–Crippen LogP) is 2.99. The monoisotopic (exact) mass is 551 g/mol. The molecule has 0 aliphatic carbocycles. The molecule has 0 saturated carbocycles. The van der Waals surface area contributed by atoms with Gasteiger partial charge >= 0.3 is 0 Å². The fraction of sp³-hybridized carbons (Fsp3) is 0.433. The highest BCUT2D eigenvalue weighted by molar-refractivity contribution is 6.21. The summed E-state index contributed by atoms with van der Waals surface area (Å²) in [5.41, 5.74) is 2.29. The van der Waals surface area contributed by atoms with Gasteiger partial charge in [0.1, 0.15) is 5.57 Å². The Kier molecular flexibility index (Phi) is 10.5. The maximum Gasteiger partial charge on any atom is 0.262 e. The molecule has 2 heterocycles. The lowest BCUT2D eigenvalue weighted by Gasteiger charge is -2.15. The van der Waals surface area contributed by atoms with Crippen molar-refractivity contribution in [2.45, 2.75) is 44.8 Å². The lowest BCUT2D eigenvalue weighted by molar-refractivity contribution is -0.124. The molecule has 0 aromatic heterocycles. The highest BCUT2D eigenvalue weighted by Crippen LogP contribution is 2.29. The van der Waals surface area contributed by atoms with Crippen LogP contribution in [0.1, 0.15) is 36.8 Å². The summed E-state index contributed by atoms with van der Waals surface area (Å²) >= 11 is 0. The maximum absolute atomic E-state index is 13.1. The van der Waals surface area contributed by atoms with Crippen LogP contribution >= 0.6 is 0 Å². The van der Waals surface area contributed by atoms with Crippen LogP contribution in [0.4, 0.5) is 5.69 Å². The molecule has 2 atom stereocenters. The number of nitrogens with one attached hydrogen (secondary N) is 3. The van der Waals surface area contributed by atoms with Gasteiger partial charge in [0.15, 0.2) is 18.1 Å². The van der Waals surface area contributed by atoms with Crippen LogP contribution in [-0.2, 0) is 23.9 Å². The third-order valence-electron chi connectivity index (χ3n) is 6.71. The largest absolute Gasteiger partial charge is 0.493 e. The topological polar surface area (TPSA) is 124 Å². The lowest BCUT2D eigenvalue weighted by atomic mass is 10.1. The molecule has 0 radical (unpaired) electrons. The number of carbonyl (C=O) groups excluding carboxylic acids is 3. The van der Waals surface area contributed by atoms with Crippen LogP contribution in [0.25, 0.3) is 6.08 Å². The van der Waals surface area contributed by atoms with Crippen LogP contribution in [0.15, 0.2) is 48.0 Å². The third-order valence-corrected chi connectivity index (χ3v) is 6.71. The van der Waals surface area contributed by atoms with E-state index in [1.54, 1.807) is 18.2 Å². The molecular weight excluding hydrogens is 514 g/mol. The number of hydrogen-bond donors (Lipinski definition) is 3. The Balaban J connectivity index is 1.43. The summed E-state index contributed by atoms with van der Waals surface area (Å²) in [4.78, 5) is 38.5. The minimum Gasteiger partial charge on any atom is -0.493 e. The second-order valence-electron chi connectivity index (χ2n) is 9.86. The molecule has 2 fully saturated rings. The van der Waals surface area contributed by atoms with E-state index in [1.165, 1.54) is 13.2 Å². The number of benzene rings is 2. The van der Waals surface area contributed by atoms with Crippen molar-refractivity contribution < 1.29 is 33.3 Å². The van der Waals surface area contributed by atoms with Crippen LogP contribution in [-0.4, -0.2) is 69.9 Å². The first-order chi connectivity index (χ1) is 19.4. The van der Waals surface area contributed by atoms with E-state index in [0.717, 1.165) is 31.2 Å². The SMILES string of the molecule is COc1cc(C=C(C(=O)NCC2CCCO2)C(=O)NCC2CCCO2)ccc1OCC(=O)Nc1ccc(C)cc1. The minimum absolute atomic E-state index is 0.0378. The van der Waals surface area contributed by atoms with Crippen LogP contribution < -0.4 is 25.4 Å². The van der Waals surface area contributed by atoms with Gasteiger partial charge in [0.05, 0.1) is 19.3 Å². The first-order valence-corrected chi connectivity index (χ1v) is 13.6. The van der Waals surface area contributed by atoms with Gasteiger partial charge in [0, 0.05) is 32.0 Å². The van der Waals surface area contributed by atoms with E-state index in [2.05, 4.69) is 16.0 Å². The molecule has 10 heteroatoms. The second-order valence-corrected chi connectivity index (χ2v) is 9.86. The van der Waals surface area contributed by atoms with Crippen molar-refractivity contribution in [2.75, 3.05) is 45.3 Å². The second kappa shape index (κ2) is 14.5. The van der Waals surface area contributed by atoms with Crippen molar-refractivity contribution in [1.82, 2.24) is 10.6 Å². The summed E-state index contributed by atoms with van der Waals surface area (Å²) in [5, 5.41) is 8.43. The molecular formula is C30H37N3O7. The molecule has 2 saturated heterocycles. The quantitative estimate of drug-likeness (QED) is 0.210. The van der Waals surface area contributed by atoms with Gasteiger partial charge in [-0.05, 0) is 68.5 Å². The van der Waals surface area contributed by atoms with Gasteiger partial charge < -0.3 is 34.9 Å². The number of aryl methyl sites for hydroxylation is 1. The van der Waals surface area contributed by atoms with E-state index < -0.39 is 11.8 Å². The van der Waals surface area contributed by atoms with Gasteiger partial charge in [0.25, 0.3) is 17.7 Å². The number of amides is 3. The zero-order chi connectivity index (χ0) is 28.3. The van der Waals surface area contributed by atoms with Crippen molar-refractivity contribution in [3.63, 3.8) is 0 Å². The summed E-state index contributed by atoms with van der Waals surface area (Å²) in [7, 11) is 1.48. The van der Waals surface area contributed by atoms with Gasteiger partial charge in [-0.1, -0.05) is 23.8 Å². The molecule has 214 valence electrons. The fourth-order valence-corrected chi connectivity index (χ4v) is 4.49. The number of anilines is 1. The smallest absolute Gasteiger partial charge is 0.262 e. The molecule has 0 spiro atoms. The van der Waals surface area contributed by atoms with Crippen molar-refractivity contribution in [2.24, 2.45) is 0 Å². The Morgan fingerprint density at radius 2 is 1.52 bits per heavy atom. The molecule has 0 bridgehead atoms. The normalized spacial score (nSPS) is 18.1. The molecule has 2 aliphatic heterocycles. The van der Waals surface area contributed by atoms with Crippen LogP contribution in [0.5, 0.6) is 11.5 Å². The number of ether oxygens (including phenoxy) is 4. The molecule has 4 rings (SSSR count). The summed E-state index contributed by atoms with van der Waals surface area (Å²) < 4.78 is 22.3. The molecule has 3 N–H and O–H groups in total. The zero-order valence-corrected chi connectivity index (χ0v) is 23.0. The Morgan fingerprint density at radius 1 is 0.900 bits per heavy atom. The molecule has 2 aromatic carbocycles. The van der Waals surface area contributed by atoms with Crippen molar-refractivity contribution in [3.05, 3.63) is 59.2 Å². The molecule has 2 aromatic rings. The van der Waals surface area contributed by atoms with Gasteiger partial charge in [-0.25, -0.2) is 0 Å². The van der Waals surface area contributed by atoms with E-state index in [0.29, 0.717) is 49.1 Å². The van der Waals surface area contributed by atoms with E-state index in [9.17, 15) is 14.4 Å². The Labute approximate surface area is 234 Å². The van der Waals surface area contributed by atoms with Gasteiger partial charge in [-0.3, -0.25) is 14.4 Å². The van der Waals surface area contributed by atoms with E-state index in [4.69, 9.17) is 18.9 Å². The first-order valence-electron chi connectivity index (χ1n) is 13.6.